The predicted octanol–water partition coefficient (Wildman–Crippen LogP) is 15.3. The summed E-state index contributed by atoms with van der Waals surface area (Å²) in [6.07, 6.45) is 12.1. The maximum Gasteiger partial charge on any atom is 0.457 e. The second-order valence-electron chi connectivity index (χ2n) is 29.3. The molecule has 0 saturated carbocycles. The van der Waals surface area contributed by atoms with E-state index in [0.717, 1.165) is 113 Å². The fourth-order valence-corrected chi connectivity index (χ4v) is 13.4. The third kappa shape index (κ3) is 25.8. The van der Waals surface area contributed by atoms with E-state index in [1.807, 2.05) is 174 Å². The molecular weight excluding hydrogens is 1380 g/mol. The fraction of sp³-hybridized carbons (Fsp3) is 0.671. The Labute approximate surface area is 621 Å². The summed E-state index contributed by atoms with van der Waals surface area (Å²) in [6.45, 7) is 26.5. The quantitative estimate of drug-likeness (QED) is 0.0418. The number of ether oxygens (including phenoxy) is 6. The minimum Gasteiger partial charge on any atom is -0.467 e. The molecule has 6 fully saturated rings. The van der Waals surface area contributed by atoms with Gasteiger partial charge >= 0.3 is 57.5 Å². The van der Waals surface area contributed by atoms with Gasteiger partial charge in [-0.3, -0.25) is 14.7 Å². The molecule has 9 rings (SSSR count). The number of benzene rings is 3. The number of nitrogens with zero attached hydrogens (tertiary/aromatic N) is 3. The molecule has 9 unspecified atom stereocenters. The molecule has 21 nitrogen and oxygen atoms in total. The highest BCUT2D eigenvalue weighted by Crippen LogP contribution is 2.42. The van der Waals surface area contributed by atoms with Gasteiger partial charge < -0.3 is 56.3 Å². The van der Waals surface area contributed by atoms with Gasteiger partial charge in [0.1, 0.15) is 37.9 Å². The molecule has 3 aromatic rings. The Bertz CT molecular complexity index is 2670. The monoisotopic (exact) mass is 1500 g/mol. The Morgan fingerprint density at radius 3 is 0.833 bits per heavy atom. The lowest BCUT2D eigenvalue weighted by atomic mass is 9.78. The third-order valence-electron chi connectivity index (χ3n) is 20.9. The van der Waals surface area contributed by atoms with Crippen molar-refractivity contribution in [3.05, 3.63) is 108 Å². The molecule has 0 aliphatic carbocycles. The van der Waals surface area contributed by atoms with Crippen molar-refractivity contribution in [2.24, 2.45) is 17.8 Å². The number of carbonyl (C=O) groups excluding carboxylic acids is 6. The minimum absolute atomic E-state index is 0. The lowest BCUT2D eigenvalue weighted by molar-refractivity contribution is -0.151. The van der Waals surface area contributed by atoms with Crippen LogP contribution >= 0.6 is 39.9 Å². The van der Waals surface area contributed by atoms with E-state index < -0.39 is 36.4 Å². The largest absolute Gasteiger partial charge is 0.467 e. The van der Waals surface area contributed by atoms with E-state index >= 15 is 0 Å². The zero-order chi connectivity index (χ0) is 74.8. The number of hydrogen-bond acceptors (Lipinski definition) is 19. The summed E-state index contributed by atoms with van der Waals surface area (Å²) in [6, 6.07) is 26.7. The molecule has 3 amide bonds. The fourth-order valence-electron chi connectivity index (χ4n) is 13.4. The number of piperidine rings is 3. The van der Waals surface area contributed by atoms with Crippen molar-refractivity contribution in [3.8, 4) is 0 Å². The molecule has 9 atom stereocenters. The van der Waals surface area contributed by atoms with Gasteiger partial charge in [0.25, 0.3) is 0 Å². The average molecular weight is 1500 g/mol. The zero-order valence-electron chi connectivity index (χ0n) is 63.5. The van der Waals surface area contributed by atoms with Crippen molar-refractivity contribution in [1.29, 1.82) is 0 Å². The number of rotatable bonds is 21. The molecule has 6 saturated heterocycles. The second-order valence-corrected chi connectivity index (χ2v) is 29.6. The van der Waals surface area contributed by atoms with Crippen LogP contribution in [0.15, 0.2) is 91.0 Å². The smallest absolute Gasteiger partial charge is 0.457 e. The van der Waals surface area contributed by atoms with Gasteiger partial charge in [-0.15, -0.1) is 17.9 Å². The van der Waals surface area contributed by atoms with Gasteiger partial charge in [0.15, 0.2) is 0 Å². The first kappa shape index (κ1) is 89.8. The number of amides is 3. The number of likely N-dealkylation sites (tertiary alicyclic amines) is 3. The van der Waals surface area contributed by atoms with Gasteiger partial charge in [-0.05, 0) is 194 Å². The molecule has 102 heavy (non-hydrogen) atoms. The maximum absolute atomic E-state index is 12.8. The molecule has 0 spiro atoms. The highest BCUT2D eigenvalue weighted by molar-refractivity contribution is 7.93. The van der Waals surface area contributed by atoms with E-state index in [2.05, 4.69) is 17.9 Å². The number of carbonyl (C=O) groups is 6. The lowest BCUT2D eigenvalue weighted by Gasteiger charge is -2.38. The minimum atomic E-state index is -0.629. The highest BCUT2D eigenvalue weighted by Gasteiger charge is 2.54. The molecule has 3 aromatic carbocycles. The summed E-state index contributed by atoms with van der Waals surface area (Å²) in [5, 5.41) is 0. The molecule has 0 radical (unpaired) electrons. The van der Waals surface area contributed by atoms with E-state index in [1.165, 1.54) is 42.3 Å². The second kappa shape index (κ2) is 42.7. The average Bonchev–Trinajstić information content (AvgIpc) is 1.47. The Morgan fingerprint density at radius 2 is 0.637 bits per heavy atom. The predicted molar refractivity (Wildman–Crippen MR) is 411 cm³/mol. The topological polar surface area (TPSA) is 223 Å². The van der Waals surface area contributed by atoms with Crippen LogP contribution in [0.4, 0.5) is 18.3 Å². The maximum atomic E-state index is 12.8. The van der Waals surface area contributed by atoms with Gasteiger partial charge in [-0.1, -0.05) is 110 Å². The molecule has 0 aromatic heterocycles. The molecule has 0 N–H and O–H groups in total. The van der Waals surface area contributed by atoms with E-state index in [9.17, 15) is 32.7 Å². The summed E-state index contributed by atoms with van der Waals surface area (Å²) in [7, 11) is 8.00. The van der Waals surface area contributed by atoms with Crippen LogP contribution in [0.25, 0.3) is 0 Å². The number of esters is 3. The van der Waals surface area contributed by atoms with Crippen molar-refractivity contribution >= 4 is 97.4 Å². The van der Waals surface area contributed by atoms with Crippen molar-refractivity contribution in [3.63, 3.8) is 0 Å². The van der Waals surface area contributed by atoms with Crippen LogP contribution in [-0.2, 0) is 90.6 Å². The van der Waals surface area contributed by atoms with E-state index in [0.29, 0.717) is 19.6 Å². The van der Waals surface area contributed by atoms with E-state index in [4.69, 9.17) is 56.3 Å². The molecule has 6 aliphatic rings. The van der Waals surface area contributed by atoms with Crippen LogP contribution < -0.4 is 0 Å². The van der Waals surface area contributed by atoms with Crippen molar-refractivity contribution in [2.75, 3.05) is 47.2 Å². The number of hydrogen-bond donors (Lipinski definition) is 0. The summed E-state index contributed by atoms with van der Waals surface area (Å²) in [5.41, 5.74) is 0.621. The van der Waals surface area contributed by atoms with Crippen LogP contribution in [0.1, 0.15) is 177 Å². The van der Waals surface area contributed by atoms with Gasteiger partial charge in [0, 0.05) is 38.0 Å². The first-order valence-corrected chi connectivity index (χ1v) is 39.3. The van der Waals surface area contributed by atoms with Gasteiger partial charge in [-0.2, -0.15) is 13.8 Å². The highest BCUT2D eigenvalue weighted by atomic mass is 32.2. The summed E-state index contributed by atoms with van der Waals surface area (Å²) in [5.74, 6) is -1.11. The Balaban J connectivity index is 0.000000312. The molecular formula is C73H118B3FN3O18P3S. The number of methoxy groups -OCH3 is 3. The lowest BCUT2D eigenvalue weighted by Crippen LogP contribution is -2.53. The van der Waals surface area contributed by atoms with Gasteiger partial charge in [-0.25, -0.2) is 28.8 Å². The Kier molecular flexibility index (Phi) is 37.6. The van der Waals surface area contributed by atoms with Crippen LogP contribution in [0.3, 0.4) is 0 Å². The van der Waals surface area contributed by atoms with Crippen molar-refractivity contribution in [2.45, 2.75) is 251 Å². The van der Waals surface area contributed by atoms with Gasteiger partial charge in [0.05, 0.1) is 54.9 Å². The van der Waals surface area contributed by atoms with Crippen LogP contribution in [-0.4, -0.2) is 171 Å². The molecule has 29 heteroatoms. The summed E-state index contributed by atoms with van der Waals surface area (Å²) in [4.78, 5) is 81.0. The Morgan fingerprint density at radius 1 is 0.431 bits per heavy atom. The SMILES string of the molecule is COC(=O)C1C(CCCB2OC(C)(C)C(C)(C)O2)CCCN1C(=O)OCc1ccccc1.COC(=O)C1C(CCCB2OC(C)(C)C(C)(C)O2)CCCN1C(=O)OCc1ccccc1.COC(=O)C1C(CCCB2OC(C)(C)C(C)(C)O2)CCCN1C(=O)OCc1ccccc1.CSF.P.PP. The molecule has 6 aliphatic heterocycles. The first-order valence-electron chi connectivity index (χ1n) is 35.6. The van der Waals surface area contributed by atoms with Crippen LogP contribution in [0, 0.1) is 17.8 Å². The molecule has 0 bridgehead atoms. The molecule has 6 heterocycles. The van der Waals surface area contributed by atoms with E-state index in [1.54, 1.807) is 0 Å². The van der Waals surface area contributed by atoms with Crippen molar-refractivity contribution < 1.29 is 89.0 Å². The standard InChI is InChI=1S/3C24H36BNO6.CH3FS.H4P2.H3P/c3*1-23(2)24(3,4)32-25(31-23)15-9-13-19-14-10-16-26(20(19)21(27)29-5)22(28)30-17-18-11-7-6-8-12-18;1-3-2;1-2;/h3*6-8,11-12,19-20H,9-10,13-17H2,1-5H3;1H3;1-2H2;1H3. The normalized spacial score (nSPS) is 23.1. The Hall–Kier alpha value is -4.60. The zero-order valence-corrected chi connectivity index (χ0v) is 68.1. The summed E-state index contributed by atoms with van der Waals surface area (Å²) < 4.78 is 78.4. The number of halogens is 1. The summed E-state index contributed by atoms with van der Waals surface area (Å²) >= 11 is 0.250. The third-order valence-corrected chi connectivity index (χ3v) is 20.9. The van der Waals surface area contributed by atoms with E-state index in [-0.39, 0.29) is 132 Å². The molecule has 570 valence electrons. The van der Waals surface area contributed by atoms with Crippen LogP contribution in [0.5, 0.6) is 0 Å². The van der Waals surface area contributed by atoms with Crippen LogP contribution in [0.2, 0.25) is 19.0 Å². The first-order chi connectivity index (χ1) is 47.8. The van der Waals surface area contributed by atoms with Gasteiger partial charge in [0.2, 0.25) is 0 Å². The van der Waals surface area contributed by atoms with Crippen molar-refractivity contribution in [1.82, 2.24) is 14.7 Å².